The number of amides is 1. The Labute approximate surface area is 137 Å². The van der Waals surface area contributed by atoms with Gasteiger partial charge in [0.05, 0.1) is 19.6 Å². The molecule has 1 saturated heterocycles. The van der Waals surface area contributed by atoms with E-state index < -0.39 is 0 Å². The molecule has 0 N–H and O–H groups in total. The van der Waals surface area contributed by atoms with Crippen molar-refractivity contribution in [2.24, 2.45) is 0 Å². The first-order valence-electron chi connectivity index (χ1n) is 8.10. The van der Waals surface area contributed by atoms with Crippen LogP contribution in [0, 0.1) is 0 Å². The molecule has 0 unspecified atom stereocenters. The highest BCUT2D eigenvalue weighted by atomic mass is 16.5. The zero-order valence-electron chi connectivity index (χ0n) is 13.4. The normalized spacial score (nSPS) is 17.8. The molecule has 1 atom stereocenters. The summed E-state index contributed by atoms with van der Waals surface area (Å²) in [4.78, 5) is 19.0. The minimum atomic E-state index is 0.156. The second kappa shape index (κ2) is 7.27. The molecule has 0 saturated carbocycles. The van der Waals surface area contributed by atoms with E-state index >= 15 is 0 Å². The topological polar surface area (TPSA) is 42.4 Å². The summed E-state index contributed by atoms with van der Waals surface area (Å²) in [5.74, 6) is 0.996. The van der Waals surface area contributed by atoms with E-state index in [0.29, 0.717) is 6.42 Å². The maximum absolute atomic E-state index is 12.8. The molecule has 0 radical (unpaired) electrons. The average Bonchev–Trinajstić information content (AvgIpc) is 2.63. The minimum Gasteiger partial charge on any atom is -0.497 e. The molecule has 0 aliphatic carbocycles. The monoisotopic (exact) mass is 310 g/mol. The van der Waals surface area contributed by atoms with E-state index in [2.05, 4.69) is 11.1 Å². The van der Waals surface area contributed by atoms with Crippen molar-refractivity contribution in [2.45, 2.75) is 31.7 Å². The lowest BCUT2D eigenvalue weighted by atomic mass is 9.95. The lowest BCUT2D eigenvalue weighted by Crippen LogP contribution is -2.39. The van der Waals surface area contributed by atoms with Gasteiger partial charge in [-0.1, -0.05) is 18.2 Å². The second-order valence-electron chi connectivity index (χ2n) is 5.91. The molecule has 4 nitrogen and oxygen atoms in total. The quantitative estimate of drug-likeness (QED) is 0.869. The van der Waals surface area contributed by atoms with Crippen molar-refractivity contribution in [3.05, 3.63) is 59.9 Å². The fourth-order valence-electron chi connectivity index (χ4n) is 3.17. The number of carbonyl (C=O) groups excluding carboxylic acids is 1. The van der Waals surface area contributed by atoms with E-state index in [1.54, 1.807) is 13.3 Å². The Hall–Kier alpha value is -2.36. The second-order valence-corrected chi connectivity index (χ2v) is 5.91. The smallest absolute Gasteiger partial charge is 0.227 e. The van der Waals surface area contributed by atoms with E-state index in [0.717, 1.165) is 42.7 Å². The lowest BCUT2D eigenvalue weighted by molar-refractivity contribution is -0.134. The molecule has 1 fully saturated rings. The van der Waals surface area contributed by atoms with Crippen LogP contribution in [0.5, 0.6) is 5.75 Å². The molecule has 1 aliphatic rings. The third kappa shape index (κ3) is 3.70. The van der Waals surface area contributed by atoms with Crippen molar-refractivity contribution in [3.63, 3.8) is 0 Å². The minimum absolute atomic E-state index is 0.156. The van der Waals surface area contributed by atoms with Crippen molar-refractivity contribution in [1.29, 1.82) is 0 Å². The van der Waals surface area contributed by atoms with Crippen LogP contribution in [0.1, 0.15) is 36.4 Å². The Morgan fingerprint density at radius 3 is 2.78 bits per heavy atom. The summed E-state index contributed by atoms with van der Waals surface area (Å²) in [6.45, 7) is 0.828. The lowest BCUT2D eigenvalue weighted by Gasteiger charge is -2.36. The van der Waals surface area contributed by atoms with Crippen LogP contribution < -0.4 is 4.74 Å². The Balaban J connectivity index is 1.73. The van der Waals surface area contributed by atoms with Gasteiger partial charge in [0.2, 0.25) is 5.91 Å². The number of pyridine rings is 1. The highest BCUT2D eigenvalue weighted by Crippen LogP contribution is 2.31. The van der Waals surface area contributed by atoms with Crippen LogP contribution in [0.15, 0.2) is 48.8 Å². The molecule has 1 amide bonds. The number of hydrogen-bond acceptors (Lipinski definition) is 3. The van der Waals surface area contributed by atoms with Gasteiger partial charge >= 0.3 is 0 Å². The van der Waals surface area contributed by atoms with Crippen LogP contribution in [0.4, 0.5) is 0 Å². The van der Waals surface area contributed by atoms with Crippen LogP contribution in [0.2, 0.25) is 0 Å². The van der Waals surface area contributed by atoms with Gasteiger partial charge in [-0.3, -0.25) is 9.78 Å². The zero-order valence-corrected chi connectivity index (χ0v) is 13.4. The maximum Gasteiger partial charge on any atom is 0.227 e. The number of likely N-dealkylation sites (tertiary alicyclic amines) is 1. The first kappa shape index (κ1) is 15.5. The molecule has 1 aliphatic heterocycles. The number of aromatic nitrogens is 1. The van der Waals surface area contributed by atoms with Crippen LogP contribution in [0.25, 0.3) is 0 Å². The van der Waals surface area contributed by atoms with Gasteiger partial charge in [0.15, 0.2) is 0 Å². The van der Waals surface area contributed by atoms with Crippen LogP contribution in [0.3, 0.4) is 0 Å². The molecule has 1 aromatic heterocycles. The molecular weight excluding hydrogens is 288 g/mol. The van der Waals surface area contributed by atoms with Gasteiger partial charge in [0.25, 0.3) is 0 Å². The van der Waals surface area contributed by atoms with Gasteiger partial charge in [-0.2, -0.15) is 0 Å². The summed E-state index contributed by atoms with van der Waals surface area (Å²) >= 11 is 0. The van der Waals surface area contributed by atoms with Gasteiger partial charge in [-0.15, -0.1) is 0 Å². The van der Waals surface area contributed by atoms with E-state index in [9.17, 15) is 4.79 Å². The van der Waals surface area contributed by atoms with Gasteiger partial charge in [-0.05, 0) is 48.6 Å². The fraction of sp³-hybridized carbons (Fsp3) is 0.368. The predicted octanol–water partition coefficient (Wildman–Crippen LogP) is 3.39. The Kier molecular flexibility index (Phi) is 4.91. The highest BCUT2D eigenvalue weighted by Gasteiger charge is 2.27. The summed E-state index contributed by atoms with van der Waals surface area (Å²) in [5.41, 5.74) is 2.15. The standard InChI is InChI=1S/C19H22N2O2/c1-23-17-9-7-15(8-10-17)13-19(22)21-12-3-2-6-18(21)16-5-4-11-20-14-16/h4-5,7-11,14,18H,2-3,6,12-13H2,1H3/t18-/m0/s1. The number of rotatable bonds is 4. The summed E-state index contributed by atoms with van der Waals surface area (Å²) in [5, 5.41) is 0. The first-order chi connectivity index (χ1) is 11.3. The SMILES string of the molecule is COc1ccc(CC(=O)N2CCCC[C@H]2c2cccnc2)cc1. The Morgan fingerprint density at radius 1 is 1.26 bits per heavy atom. The molecule has 3 rings (SSSR count). The van der Waals surface area contributed by atoms with Gasteiger partial charge in [0, 0.05) is 18.9 Å². The molecule has 0 bridgehead atoms. The molecule has 2 aromatic rings. The number of nitrogens with zero attached hydrogens (tertiary/aromatic N) is 2. The summed E-state index contributed by atoms with van der Waals surface area (Å²) in [6.07, 6.45) is 7.33. The molecule has 0 spiro atoms. The summed E-state index contributed by atoms with van der Waals surface area (Å²) < 4.78 is 5.16. The highest BCUT2D eigenvalue weighted by molar-refractivity contribution is 5.79. The number of ether oxygens (including phenoxy) is 1. The molecule has 4 heteroatoms. The number of piperidine rings is 1. The summed E-state index contributed by atoms with van der Waals surface area (Å²) in [6, 6.07) is 11.9. The van der Waals surface area contributed by atoms with Crippen LogP contribution >= 0.6 is 0 Å². The van der Waals surface area contributed by atoms with Crippen LogP contribution in [-0.2, 0) is 11.2 Å². The molecular formula is C19H22N2O2. The molecule has 120 valence electrons. The van der Waals surface area contributed by atoms with Crippen molar-refractivity contribution in [2.75, 3.05) is 13.7 Å². The van der Waals surface area contributed by atoms with E-state index in [-0.39, 0.29) is 11.9 Å². The largest absolute Gasteiger partial charge is 0.497 e. The van der Waals surface area contributed by atoms with E-state index in [1.165, 1.54) is 0 Å². The molecule has 1 aromatic carbocycles. The predicted molar refractivity (Wildman–Crippen MR) is 89.2 cm³/mol. The van der Waals surface area contributed by atoms with Crippen molar-refractivity contribution >= 4 is 5.91 Å². The number of methoxy groups -OCH3 is 1. The molecule has 2 heterocycles. The Morgan fingerprint density at radius 2 is 2.09 bits per heavy atom. The van der Waals surface area contributed by atoms with Crippen LogP contribution in [-0.4, -0.2) is 29.4 Å². The summed E-state index contributed by atoms with van der Waals surface area (Å²) in [7, 11) is 1.65. The maximum atomic E-state index is 12.8. The van der Waals surface area contributed by atoms with E-state index in [4.69, 9.17) is 4.74 Å². The number of carbonyl (C=O) groups is 1. The van der Waals surface area contributed by atoms with E-state index in [1.807, 2.05) is 41.4 Å². The first-order valence-corrected chi connectivity index (χ1v) is 8.10. The van der Waals surface area contributed by atoms with Gasteiger partial charge in [0.1, 0.15) is 5.75 Å². The van der Waals surface area contributed by atoms with Crippen molar-refractivity contribution < 1.29 is 9.53 Å². The molecule has 23 heavy (non-hydrogen) atoms. The fourth-order valence-corrected chi connectivity index (χ4v) is 3.17. The van der Waals surface area contributed by atoms with Gasteiger partial charge < -0.3 is 9.64 Å². The van der Waals surface area contributed by atoms with Gasteiger partial charge in [-0.25, -0.2) is 0 Å². The van der Waals surface area contributed by atoms with Crippen molar-refractivity contribution in [1.82, 2.24) is 9.88 Å². The third-order valence-corrected chi connectivity index (χ3v) is 4.41. The third-order valence-electron chi connectivity index (χ3n) is 4.41. The number of hydrogen-bond donors (Lipinski definition) is 0. The Bertz CT molecular complexity index is 640. The van der Waals surface area contributed by atoms with Crippen molar-refractivity contribution in [3.8, 4) is 5.75 Å². The average molecular weight is 310 g/mol. The number of benzene rings is 1. The zero-order chi connectivity index (χ0) is 16.1.